The zero-order valence-electron chi connectivity index (χ0n) is 10.9. The van der Waals surface area contributed by atoms with Crippen molar-refractivity contribution in [3.8, 4) is 0 Å². The van der Waals surface area contributed by atoms with Crippen molar-refractivity contribution >= 4 is 17.1 Å². The molecule has 0 saturated heterocycles. The van der Waals surface area contributed by atoms with E-state index in [1.54, 1.807) is 12.1 Å². The first-order valence-electron chi connectivity index (χ1n) is 6.69. The van der Waals surface area contributed by atoms with Crippen molar-refractivity contribution in [2.75, 3.05) is 17.3 Å². The summed E-state index contributed by atoms with van der Waals surface area (Å²) in [5.41, 5.74) is 3.78. The van der Waals surface area contributed by atoms with Crippen molar-refractivity contribution in [2.45, 2.75) is 32.1 Å². The van der Waals surface area contributed by atoms with Gasteiger partial charge >= 0.3 is 0 Å². The van der Waals surface area contributed by atoms with Gasteiger partial charge in [-0.05, 0) is 24.8 Å². The van der Waals surface area contributed by atoms with Crippen LogP contribution in [0.3, 0.4) is 0 Å². The van der Waals surface area contributed by atoms with Crippen LogP contribution in [0, 0.1) is 16.0 Å². The first kappa shape index (κ1) is 13.6. The van der Waals surface area contributed by atoms with Crippen molar-refractivity contribution in [2.24, 2.45) is 11.8 Å². The fourth-order valence-electron chi connectivity index (χ4n) is 2.56. The molecule has 1 aliphatic rings. The van der Waals surface area contributed by atoms with Crippen LogP contribution in [-0.4, -0.2) is 11.5 Å². The summed E-state index contributed by atoms with van der Waals surface area (Å²) in [7, 11) is 0. The number of nitrogens with one attached hydrogen (secondary N) is 2. The van der Waals surface area contributed by atoms with E-state index in [4.69, 9.17) is 5.84 Å². The lowest BCUT2D eigenvalue weighted by Crippen LogP contribution is -2.17. The molecule has 6 heteroatoms. The Morgan fingerprint density at radius 3 is 2.53 bits per heavy atom. The number of hydrogen-bond acceptors (Lipinski definition) is 5. The standard InChI is InChI=1S/C13H20N4O2/c14-16-12-6-11(7-13(8-12)17(18)19)15-9-10-4-2-1-3-5-10/h6-8,10,15-16H,1-5,9,14H2. The highest BCUT2D eigenvalue weighted by Gasteiger charge is 2.14. The van der Waals surface area contributed by atoms with Crippen LogP contribution in [0.2, 0.25) is 0 Å². The van der Waals surface area contributed by atoms with Crippen molar-refractivity contribution < 1.29 is 4.92 Å². The quantitative estimate of drug-likeness (QED) is 0.432. The number of benzene rings is 1. The Hall–Kier alpha value is -1.82. The Kier molecular flexibility index (Phi) is 4.57. The van der Waals surface area contributed by atoms with Crippen LogP contribution in [0.1, 0.15) is 32.1 Å². The number of rotatable bonds is 5. The summed E-state index contributed by atoms with van der Waals surface area (Å²) >= 11 is 0. The third-order valence-electron chi connectivity index (χ3n) is 3.61. The van der Waals surface area contributed by atoms with Gasteiger partial charge in [-0.1, -0.05) is 19.3 Å². The van der Waals surface area contributed by atoms with Crippen LogP contribution in [0.4, 0.5) is 17.1 Å². The van der Waals surface area contributed by atoms with Gasteiger partial charge < -0.3 is 10.7 Å². The second kappa shape index (κ2) is 6.38. The van der Waals surface area contributed by atoms with Gasteiger partial charge in [-0.15, -0.1) is 0 Å². The van der Waals surface area contributed by atoms with Crippen LogP contribution < -0.4 is 16.6 Å². The van der Waals surface area contributed by atoms with Crippen molar-refractivity contribution in [3.63, 3.8) is 0 Å². The Morgan fingerprint density at radius 2 is 1.89 bits per heavy atom. The average molecular weight is 264 g/mol. The summed E-state index contributed by atoms with van der Waals surface area (Å²) in [4.78, 5) is 10.4. The summed E-state index contributed by atoms with van der Waals surface area (Å²) < 4.78 is 0. The lowest BCUT2D eigenvalue weighted by atomic mass is 9.89. The van der Waals surface area contributed by atoms with Gasteiger partial charge in [0.25, 0.3) is 5.69 Å². The predicted octanol–water partition coefficient (Wildman–Crippen LogP) is 2.87. The van der Waals surface area contributed by atoms with Crippen LogP contribution in [0.15, 0.2) is 18.2 Å². The zero-order valence-corrected chi connectivity index (χ0v) is 10.9. The van der Waals surface area contributed by atoms with Crippen LogP contribution in [-0.2, 0) is 0 Å². The van der Waals surface area contributed by atoms with Crippen molar-refractivity contribution in [1.29, 1.82) is 0 Å². The maximum Gasteiger partial charge on any atom is 0.273 e. The monoisotopic (exact) mass is 264 g/mol. The number of hydrazine groups is 1. The Balaban J connectivity index is 2.02. The molecule has 0 aromatic heterocycles. The molecule has 0 atom stereocenters. The fourth-order valence-corrected chi connectivity index (χ4v) is 2.56. The molecule has 1 saturated carbocycles. The third-order valence-corrected chi connectivity index (χ3v) is 3.61. The fraction of sp³-hybridized carbons (Fsp3) is 0.538. The molecule has 1 aliphatic carbocycles. The molecule has 1 aromatic carbocycles. The van der Waals surface area contributed by atoms with Gasteiger partial charge in [0.1, 0.15) is 0 Å². The normalized spacial score (nSPS) is 16.1. The Morgan fingerprint density at radius 1 is 1.21 bits per heavy atom. The molecule has 2 rings (SSSR count). The van der Waals surface area contributed by atoms with Crippen LogP contribution in [0.25, 0.3) is 0 Å². The number of nitrogens with two attached hydrogens (primary N) is 1. The third kappa shape index (κ3) is 3.82. The zero-order chi connectivity index (χ0) is 13.7. The molecule has 0 heterocycles. The van der Waals surface area contributed by atoms with E-state index in [0.29, 0.717) is 11.6 Å². The molecule has 0 spiro atoms. The summed E-state index contributed by atoms with van der Waals surface area (Å²) in [6.07, 6.45) is 6.39. The second-order valence-corrected chi connectivity index (χ2v) is 5.05. The molecule has 0 amide bonds. The first-order valence-corrected chi connectivity index (χ1v) is 6.69. The van der Waals surface area contributed by atoms with Gasteiger partial charge in [-0.2, -0.15) is 0 Å². The Bertz CT molecular complexity index is 444. The van der Waals surface area contributed by atoms with E-state index >= 15 is 0 Å². The van der Waals surface area contributed by atoms with E-state index < -0.39 is 4.92 Å². The molecule has 0 bridgehead atoms. The van der Waals surface area contributed by atoms with E-state index in [1.807, 2.05) is 0 Å². The topological polar surface area (TPSA) is 93.2 Å². The Labute approximate surface area is 112 Å². The highest BCUT2D eigenvalue weighted by Crippen LogP contribution is 2.26. The number of nitrogen functional groups attached to an aromatic ring is 1. The number of nitro groups is 1. The van der Waals surface area contributed by atoms with Gasteiger partial charge in [0.2, 0.25) is 0 Å². The average Bonchev–Trinajstić information content (AvgIpc) is 2.45. The van der Waals surface area contributed by atoms with E-state index in [0.717, 1.165) is 12.2 Å². The molecule has 0 radical (unpaired) electrons. The molecule has 0 unspecified atom stereocenters. The summed E-state index contributed by atoms with van der Waals surface area (Å²) in [6, 6.07) is 4.76. The van der Waals surface area contributed by atoms with E-state index in [9.17, 15) is 10.1 Å². The minimum atomic E-state index is -0.410. The second-order valence-electron chi connectivity index (χ2n) is 5.05. The number of nitrogens with zero attached hydrogens (tertiary/aromatic N) is 1. The molecule has 0 aliphatic heterocycles. The van der Waals surface area contributed by atoms with Gasteiger partial charge in [-0.3, -0.25) is 16.0 Å². The molecule has 1 aromatic rings. The molecule has 19 heavy (non-hydrogen) atoms. The van der Waals surface area contributed by atoms with Crippen LogP contribution >= 0.6 is 0 Å². The number of anilines is 2. The van der Waals surface area contributed by atoms with Crippen molar-refractivity contribution in [1.82, 2.24) is 0 Å². The lowest BCUT2D eigenvalue weighted by molar-refractivity contribution is -0.384. The largest absolute Gasteiger partial charge is 0.385 e. The van der Waals surface area contributed by atoms with Gasteiger partial charge in [-0.25, -0.2) is 0 Å². The van der Waals surface area contributed by atoms with E-state index in [1.165, 1.54) is 38.2 Å². The molecule has 4 N–H and O–H groups in total. The highest BCUT2D eigenvalue weighted by atomic mass is 16.6. The maximum absolute atomic E-state index is 10.8. The van der Waals surface area contributed by atoms with Crippen LogP contribution in [0.5, 0.6) is 0 Å². The highest BCUT2D eigenvalue weighted by molar-refractivity contribution is 5.63. The number of non-ortho nitro benzene ring substituents is 1. The molecule has 104 valence electrons. The molecule has 6 nitrogen and oxygen atoms in total. The van der Waals surface area contributed by atoms with Gasteiger partial charge in [0.15, 0.2) is 0 Å². The SMILES string of the molecule is NNc1cc(NCC2CCCCC2)cc([N+](=O)[O-])c1. The van der Waals surface area contributed by atoms with Gasteiger partial charge in [0.05, 0.1) is 10.6 Å². The predicted molar refractivity (Wildman–Crippen MR) is 76.0 cm³/mol. The lowest BCUT2D eigenvalue weighted by Gasteiger charge is -2.22. The van der Waals surface area contributed by atoms with Crippen molar-refractivity contribution in [3.05, 3.63) is 28.3 Å². The number of hydrogen-bond donors (Lipinski definition) is 3. The smallest absolute Gasteiger partial charge is 0.273 e. The summed E-state index contributed by atoms with van der Waals surface area (Å²) in [5.74, 6) is 6.00. The molecular weight excluding hydrogens is 244 g/mol. The minimum absolute atomic E-state index is 0.0431. The van der Waals surface area contributed by atoms with E-state index in [-0.39, 0.29) is 5.69 Å². The number of nitro benzene ring substituents is 1. The first-order chi connectivity index (χ1) is 9.19. The maximum atomic E-state index is 10.8. The summed E-state index contributed by atoms with van der Waals surface area (Å²) in [5, 5.41) is 14.1. The molecular formula is C13H20N4O2. The van der Waals surface area contributed by atoms with Gasteiger partial charge in [0, 0.05) is 24.4 Å². The summed E-state index contributed by atoms with van der Waals surface area (Å²) in [6.45, 7) is 0.866. The molecule has 1 fully saturated rings. The minimum Gasteiger partial charge on any atom is -0.385 e. The van der Waals surface area contributed by atoms with E-state index in [2.05, 4.69) is 10.7 Å².